The lowest BCUT2D eigenvalue weighted by atomic mass is 9.92. The van der Waals surface area contributed by atoms with Crippen molar-refractivity contribution in [2.75, 3.05) is 11.1 Å². The Morgan fingerprint density at radius 3 is 2.61 bits per heavy atom. The van der Waals surface area contributed by atoms with Crippen LogP contribution in [0.25, 0.3) is 10.9 Å². The molecule has 0 fully saturated rings. The van der Waals surface area contributed by atoms with Crippen molar-refractivity contribution in [3.05, 3.63) is 58.6 Å². The number of carbonyl (C=O) groups excluding carboxylic acids is 1. The summed E-state index contributed by atoms with van der Waals surface area (Å²) >= 11 is 6.03. The van der Waals surface area contributed by atoms with Crippen LogP contribution in [0.2, 0.25) is 5.02 Å². The fourth-order valence-corrected chi connectivity index (χ4v) is 5.66. The third kappa shape index (κ3) is 3.93. The summed E-state index contributed by atoms with van der Waals surface area (Å²) in [6, 6.07) is 5.91. The van der Waals surface area contributed by atoms with Gasteiger partial charge < -0.3 is 11.1 Å². The molecule has 0 saturated heterocycles. The number of hydrogen-bond acceptors (Lipinski definition) is 8. The average molecular weight is 492 g/mol. The number of anilines is 2. The Balaban J connectivity index is 1.79. The van der Waals surface area contributed by atoms with Crippen LogP contribution in [-0.2, 0) is 5.54 Å². The zero-order valence-electron chi connectivity index (χ0n) is 18.1. The number of aromatic nitrogens is 2. The largest absolute Gasteiger partial charge is 0.386 e. The highest BCUT2D eigenvalue weighted by Crippen LogP contribution is 2.59. The number of benzene rings is 1. The quantitative estimate of drug-likeness (QED) is 0.373. The Morgan fingerprint density at radius 1 is 1.21 bits per heavy atom. The minimum Gasteiger partial charge on any atom is -0.386 e. The highest BCUT2D eigenvalue weighted by atomic mass is 35.5. The van der Waals surface area contributed by atoms with E-state index in [2.05, 4.69) is 20.3 Å². The summed E-state index contributed by atoms with van der Waals surface area (Å²) in [6.45, 7) is 4.82. The van der Waals surface area contributed by atoms with Crippen molar-refractivity contribution in [2.45, 2.75) is 31.1 Å². The molecule has 3 aromatic rings. The molecule has 33 heavy (non-hydrogen) atoms. The Kier molecular flexibility index (Phi) is 5.60. The number of halogens is 2. The van der Waals surface area contributed by atoms with E-state index < -0.39 is 26.7 Å². The molecule has 1 aliphatic rings. The van der Waals surface area contributed by atoms with E-state index in [1.807, 2.05) is 0 Å². The maximum atomic E-state index is 14.9. The van der Waals surface area contributed by atoms with Crippen molar-refractivity contribution < 1.29 is 18.3 Å². The Bertz CT molecular complexity index is 1320. The monoisotopic (exact) mass is 491 g/mol. The summed E-state index contributed by atoms with van der Waals surface area (Å²) in [7, 11) is -3.21. The van der Waals surface area contributed by atoms with E-state index in [-0.39, 0.29) is 17.2 Å². The van der Waals surface area contributed by atoms with E-state index >= 15 is 0 Å². The van der Waals surface area contributed by atoms with E-state index in [0.29, 0.717) is 39.3 Å². The van der Waals surface area contributed by atoms with E-state index in [1.54, 1.807) is 26.8 Å². The van der Waals surface area contributed by atoms with Gasteiger partial charge in [-0.15, -0.1) is 0 Å². The van der Waals surface area contributed by atoms with Gasteiger partial charge >= 0.3 is 0 Å². The van der Waals surface area contributed by atoms with Crippen molar-refractivity contribution in [2.24, 2.45) is 10.7 Å². The van der Waals surface area contributed by atoms with E-state index in [0.717, 1.165) is 0 Å². The molecule has 0 amide bonds. The molecule has 0 bridgehead atoms. The maximum Gasteiger partial charge on any atom is 0.156 e. The van der Waals surface area contributed by atoms with Crippen LogP contribution in [0.1, 0.15) is 36.7 Å². The molecule has 0 aliphatic carbocycles. The Morgan fingerprint density at radius 2 is 1.94 bits per heavy atom. The lowest BCUT2D eigenvalue weighted by molar-refractivity contribution is 0.112. The molecule has 1 aromatic carbocycles. The van der Waals surface area contributed by atoms with Crippen LogP contribution in [-0.4, -0.2) is 41.7 Å². The van der Waals surface area contributed by atoms with Crippen LogP contribution in [0.4, 0.5) is 15.9 Å². The zero-order valence-corrected chi connectivity index (χ0v) is 19.7. The Hall–Kier alpha value is -2.79. The molecule has 0 unspecified atom stereocenters. The van der Waals surface area contributed by atoms with Gasteiger partial charge in [0.15, 0.2) is 12.1 Å². The van der Waals surface area contributed by atoms with Gasteiger partial charge in [0.25, 0.3) is 0 Å². The predicted octanol–water partition coefficient (Wildman–Crippen LogP) is 5.09. The number of amidine groups is 1. The number of aldehydes is 1. The maximum absolute atomic E-state index is 14.9. The first-order valence-corrected chi connectivity index (χ1v) is 12.0. The van der Waals surface area contributed by atoms with E-state index in [1.165, 1.54) is 30.6 Å². The average Bonchev–Trinajstić information content (AvgIpc) is 2.73. The third-order valence-electron chi connectivity index (χ3n) is 5.94. The summed E-state index contributed by atoms with van der Waals surface area (Å²) in [4.78, 5) is 24.4. The number of nitrogens with zero attached hydrogens (tertiary/aromatic N) is 3. The van der Waals surface area contributed by atoms with Gasteiger partial charge in [0.1, 0.15) is 27.5 Å². The summed E-state index contributed by atoms with van der Waals surface area (Å²) in [6.07, 6.45) is 3.50. The molecule has 2 aromatic heterocycles. The predicted molar refractivity (Wildman–Crippen MR) is 130 cm³/mol. The number of hydrogen-bond donors (Lipinski definition) is 4. The zero-order chi connectivity index (χ0) is 24.2. The topological polar surface area (TPSA) is 134 Å². The van der Waals surface area contributed by atoms with Crippen LogP contribution in [0.5, 0.6) is 0 Å². The summed E-state index contributed by atoms with van der Waals surface area (Å²) in [5, 5.41) is 3.98. The van der Waals surface area contributed by atoms with Gasteiger partial charge in [-0.25, -0.2) is 9.37 Å². The van der Waals surface area contributed by atoms with Crippen molar-refractivity contribution in [1.82, 2.24) is 9.97 Å². The smallest absolute Gasteiger partial charge is 0.156 e. The molecule has 174 valence electrons. The van der Waals surface area contributed by atoms with Crippen LogP contribution < -0.4 is 11.1 Å². The molecule has 8 nitrogen and oxygen atoms in total. The van der Waals surface area contributed by atoms with Gasteiger partial charge in [-0.05, 0) is 45.0 Å². The molecule has 11 heteroatoms. The second-order valence-electron chi connectivity index (χ2n) is 8.64. The van der Waals surface area contributed by atoms with Crippen molar-refractivity contribution in [3.63, 3.8) is 0 Å². The number of nitrogens with one attached hydrogen (secondary N) is 1. The van der Waals surface area contributed by atoms with Crippen LogP contribution in [0, 0.1) is 5.82 Å². The van der Waals surface area contributed by atoms with Crippen LogP contribution in [0.15, 0.2) is 41.7 Å². The van der Waals surface area contributed by atoms with Gasteiger partial charge in [-0.1, -0.05) is 11.6 Å². The summed E-state index contributed by atoms with van der Waals surface area (Å²) in [5.41, 5.74) is 6.14. The first-order valence-electron chi connectivity index (χ1n) is 9.96. The molecule has 0 radical (unpaired) electrons. The Labute approximate surface area is 196 Å². The minimum absolute atomic E-state index is 0.0483. The fourth-order valence-electron chi connectivity index (χ4n) is 3.76. The van der Waals surface area contributed by atoms with Gasteiger partial charge in [-0.3, -0.25) is 23.9 Å². The minimum atomic E-state index is -3.21. The number of nitrogens with two attached hydrogens (primary N) is 1. The lowest BCUT2D eigenvalue weighted by Crippen LogP contribution is -2.52. The van der Waals surface area contributed by atoms with Crippen molar-refractivity contribution >= 4 is 56.7 Å². The molecule has 3 heterocycles. The van der Waals surface area contributed by atoms with E-state index in [9.17, 15) is 18.3 Å². The fraction of sp³-hybridized carbons (Fsp3) is 0.273. The second-order valence-corrected chi connectivity index (χ2v) is 11.7. The highest BCUT2D eigenvalue weighted by molar-refractivity contribution is 8.26. The molecule has 5 N–H and O–H groups in total. The lowest BCUT2D eigenvalue weighted by Gasteiger charge is -2.53. The SMILES string of the molecule is CC1(C)C(N)=N[C@](C)(c2cc(Nc3ncc(C=O)c4cc(Cl)cnc34)ccc2F)CS1(O)O. The molecular formula is C22H23ClFN5O3S. The van der Waals surface area contributed by atoms with Gasteiger partial charge in [0.2, 0.25) is 0 Å². The molecule has 4 rings (SSSR count). The van der Waals surface area contributed by atoms with Crippen LogP contribution in [0.3, 0.4) is 0 Å². The normalized spacial score (nSPS) is 22.5. The molecule has 0 saturated carbocycles. The molecular weight excluding hydrogens is 469 g/mol. The number of carbonyl (C=O) groups is 1. The standard InChI is InChI=1S/C22H23ClFN5O3S/c1-21(2)20(25)29-22(3,11-33(21,31)32)16-7-14(4-5-17(16)24)28-19-18-15(6-13(23)9-26-18)12(10-30)8-27-19/h4-10,31-32H,11H2,1-3H3,(H2,25,29)(H,27,28)/t22-/m0/s1. The second kappa shape index (κ2) is 7.91. The molecule has 1 aliphatic heterocycles. The highest BCUT2D eigenvalue weighted by Gasteiger charge is 2.49. The summed E-state index contributed by atoms with van der Waals surface area (Å²) < 4.78 is 35.3. The van der Waals surface area contributed by atoms with E-state index in [4.69, 9.17) is 17.3 Å². The van der Waals surface area contributed by atoms with Gasteiger partial charge in [-0.2, -0.15) is 10.6 Å². The third-order valence-corrected chi connectivity index (χ3v) is 8.96. The number of pyridine rings is 2. The van der Waals surface area contributed by atoms with Crippen molar-refractivity contribution in [3.8, 4) is 0 Å². The number of fused-ring (bicyclic) bond motifs is 1. The van der Waals surface area contributed by atoms with Crippen molar-refractivity contribution in [1.29, 1.82) is 0 Å². The number of aliphatic imine (C=N–C) groups is 1. The van der Waals surface area contributed by atoms with Gasteiger partial charge in [0, 0.05) is 34.6 Å². The van der Waals surface area contributed by atoms with Crippen LogP contribution >= 0.6 is 22.2 Å². The molecule has 1 atom stereocenters. The number of rotatable bonds is 4. The first kappa shape index (κ1) is 23.4. The first-order chi connectivity index (χ1) is 15.4. The molecule has 0 spiro atoms. The summed E-state index contributed by atoms with van der Waals surface area (Å²) in [5.74, 6) is -0.351. The van der Waals surface area contributed by atoms with Gasteiger partial charge in [0.05, 0.1) is 10.8 Å².